The highest BCUT2D eigenvalue weighted by molar-refractivity contribution is 7.17. The van der Waals surface area contributed by atoms with Crippen LogP contribution < -0.4 is 9.80 Å². The molecule has 4 nitrogen and oxygen atoms in total. The smallest absolute Gasteiger partial charge is 0.141 e. The van der Waals surface area contributed by atoms with E-state index in [4.69, 9.17) is 11.6 Å². The molecule has 146 valence electrons. The number of halogens is 2. The number of fused-ring (bicyclic) bond motifs is 1. The maximum atomic E-state index is 13.4. The van der Waals surface area contributed by atoms with Crippen molar-refractivity contribution < 1.29 is 4.39 Å². The third-order valence-corrected chi connectivity index (χ3v) is 6.41. The lowest BCUT2D eigenvalue weighted by molar-refractivity contribution is 0.628. The fourth-order valence-corrected chi connectivity index (χ4v) is 4.81. The van der Waals surface area contributed by atoms with Gasteiger partial charge in [-0.2, -0.15) is 0 Å². The Labute approximate surface area is 177 Å². The van der Waals surface area contributed by atoms with E-state index >= 15 is 0 Å². The Hall–Kier alpha value is -2.70. The van der Waals surface area contributed by atoms with Crippen molar-refractivity contribution in [3.63, 3.8) is 0 Å². The summed E-state index contributed by atoms with van der Waals surface area (Å²) in [6.45, 7) is 3.55. The molecule has 0 bridgehead atoms. The first-order valence-corrected chi connectivity index (χ1v) is 10.7. The number of thiophene rings is 1. The van der Waals surface area contributed by atoms with Crippen molar-refractivity contribution in [2.75, 3.05) is 36.0 Å². The van der Waals surface area contributed by atoms with Crippen molar-refractivity contribution in [3.05, 3.63) is 71.1 Å². The molecule has 2 aromatic carbocycles. The quantitative estimate of drug-likeness (QED) is 0.436. The first kappa shape index (κ1) is 18.3. The molecule has 0 aliphatic carbocycles. The molecule has 0 amide bonds. The topological polar surface area (TPSA) is 32.3 Å². The second kappa shape index (κ2) is 7.61. The van der Waals surface area contributed by atoms with Crippen molar-refractivity contribution in [1.29, 1.82) is 0 Å². The number of aromatic nitrogens is 2. The van der Waals surface area contributed by atoms with E-state index in [-0.39, 0.29) is 5.82 Å². The monoisotopic (exact) mass is 424 g/mol. The molecule has 2 aromatic heterocycles. The van der Waals surface area contributed by atoms with Crippen LogP contribution in [0.3, 0.4) is 0 Å². The minimum atomic E-state index is -0.233. The number of hydrogen-bond acceptors (Lipinski definition) is 5. The van der Waals surface area contributed by atoms with Crippen molar-refractivity contribution in [2.45, 2.75) is 0 Å². The lowest BCUT2D eigenvalue weighted by atomic mass is 10.1. The Morgan fingerprint density at radius 1 is 0.862 bits per heavy atom. The zero-order valence-electron chi connectivity index (χ0n) is 15.6. The van der Waals surface area contributed by atoms with Gasteiger partial charge in [-0.3, -0.25) is 0 Å². The van der Waals surface area contributed by atoms with E-state index in [2.05, 4.69) is 37.3 Å². The molecular formula is C22H18ClFN4S. The summed E-state index contributed by atoms with van der Waals surface area (Å²) in [7, 11) is 0. The van der Waals surface area contributed by atoms with Gasteiger partial charge in [-0.1, -0.05) is 23.7 Å². The zero-order valence-corrected chi connectivity index (χ0v) is 17.1. The third-order valence-electron chi connectivity index (χ3n) is 5.28. The van der Waals surface area contributed by atoms with Crippen LogP contribution in [-0.2, 0) is 0 Å². The predicted molar refractivity (Wildman–Crippen MR) is 119 cm³/mol. The van der Waals surface area contributed by atoms with E-state index in [1.807, 2.05) is 24.3 Å². The molecule has 29 heavy (non-hydrogen) atoms. The molecule has 5 rings (SSSR count). The second-order valence-electron chi connectivity index (χ2n) is 6.98. The van der Waals surface area contributed by atoms with Gasteiger partial charge >= 0.3 is 0 Å². The number of nitrogens with zero attached hydrogens (tertiary/aromatic N) is 4. The number of rotatable bonds is 3. The van der Waals surface area contributed by atoms with Gasteiger partial charge in [-0.25, -0.2) is 14.4 Å². The number of hydrogen-bond donors (Lipinski definition) is 0. The van der Waals surface area contributed by atoms with Gasteiger partial charge in [0.15, 0.2) is 0 Å². The van der Waals surface area contributed by atoms with Gasteiger partial charge in [0.25, 0.3) is 0 Å². The Kier molecular flexibility index (Phi) is 4.81. The van der Waals surface area contributed by atoms with Crippen LogP contribution in [0.5, 0.6) is 0 Å². The molecule has 0 atom stereocenters. The second-order valence-corrected chi connectivity index (χ2v) is 8.28. The molecule has 1 fully saturated rings. The molecular weight excluding hydrogens is 407 g/mol. The van der Waals surface area contributed by atoms with E-state index in [0.29, 0.717) is 0 Å². The lowest BCUT2D eigenvalue weighted by Crippen LogP contribution is -2.46. The Bertz CT molecular complexity index is 1140. The highest BCUT2D eigenvalue weighted by Crippen LogP contribution is 2.38. The Balaban J connectivity index is 1.44. The van der Waals surface area contributed by atoms with Gasteiger partial charge in [0, 0.05) is 47.8 Å². The summed E-state index contributed by atoms with van der Waals surface area (Å²) in [4.78, 5) is 14.7. The van der Waals surface area contributed by atoms with E-state index in [9.17, 15) is 4.39 Å². The molecule has 0 unspecified atom stereocenters. The van der Waals surface area contributed by atoms with Crippen molar-refractivity contribution in [3.8, 4) is 11.1 Å². The van der Waals surface area contributed by atoms with Crippen LogP contribution in [0.25, 0.3) is 21.3 Å². The molecule has 0 saturated carbocycles. The highest BCUT2D eigenvalue weighted by atomic mass is 35.5. The summed E-state index contributed by atoms with van der Waals surface area (Å²) in [5.74, 6) is 0.717. The van der Waals surface area contributed by atoms with Gasteiger partial charge in [0.05, 0.1) is 5.39 Å². The Morgan fingerprint density at radius 3 is 2.28 bits per heavy atom. The van der Waals surface area contributed by atoms with Crippen LogP contribution in [0, 0.1) is 5.82 Å². The maximum absolute atomic E-state index is 13.4. The fraction of sp³-hybridized carbons (Fsp3) is 0.182. The maximum Gasteiger partial charge on any atom is 0.141 e. The van der Waals surface area contributed by atoms with Crippen LogP contribution in [0.2, 0.25) is 5.02 Å². The van der Waals surface area contributed by atoms with Crippen LogP contribution in [0.15, 0.2) is 60.2 Å². The van der Waals surface area contributed by atoms with Crippen molar-refractivity contribution in [2.24, 2.45) is 0 Å². The summed E-state index contributed by atoms with van der Waals surface area (Å²) >= 11 is 7.61. The van der Waals surface area contributed by atoms with Crippen LogP contribution >= 0.6 is 22.9 Å². The van der Waals surface area contributed by atoms with Gasteiger partial charge in [-0.15, -0.1) is 11.3 Å². The van der Waals surface area contributed by atoms with Crippen LogP contribution in [0.4, 0.5) is 15.9 Å². The van der Waals surface area contributed by atoms with Gasteiger partial charge in [-0.05, 0) is 42.0 Å². The minimum Gasteiger partial charge on any atom is -0.368 e. The van der Waals surface area contributed by atoms with Gasteiger partial charge in [0.1, 0.15) is 22.8 Å². The summed E-state index contributed by atoms with van der Waals surface area (Å²) in [5.41, 5.74) is 3.22. The number of benzene rings is 2. The normalized spacial score (nSPS) is 14.6. The summed E-state index contributed by atoms with van der Waals surface area (Å²) in [6.07, 6.45) is 1.63. The Morgan fingerprint density at radius 2 is 1.55 bits per heavy atom. The zero-order chi connectivity index (χ0) is 19.8. The molecule has 7 heteroatoms. The minimum absolute atomic E-state index is 0.233. The molecule has 3 heterocycles. The fourth-order valence-electron chi connectivity index (χ4n) is 3.77. The first-order chi connectivity index (χ1) is 14.2. The summed E-state index contributed by atoms with van der Waals surface area (Å²) in [5, 5.41) is 3.88. The van der Waals surface area contributed by atoms with Crippen LogP contribution in [-0.4, -0.2) is 36.1 Å². The van der Waals surface area contributed by atoms with E-state index < -0.39 is 0 Å². The van der Waals surface area contributed by atoms with Crippen molar-refractivity contribution in [1.82, 2.24) is 9.97 Å². The van der Waals surface area contributed by atoms with Crippen molar-refractivity contribution >= 4 is 44.7 Å². The molecule has 0 N–H and O–H groups in total. The first-order valence-electron chi connectivity index (χ1n) is 9.42. The average Bonchev–Trinajstić information content (AvgIpc) is 3.19. The molecule has 0 spiro atoms. The largest absolute Gasteiger partial charge is 0.368 e. The molecule has 1 aliphatic heterocycles. The summed E-state index contributed by atoms with van der Waals surface area (Å²) in [6, 6.07) is 14.6. The predicted octanol–water partition coefficient (Wildman–Crippen LogP) is 5.48. The summed E-state index contributed by atoms with van der Waals surface area (Å²) < 4.78 is 13.4. The average molecular weight is 425 g/mol. The van der Waals surface area contributed by atoms with Gasteiger partial charge in [0.2, 0.25) is 0 Å². The molecule has 4 aromatic rings. The van der Waals surface area contributed by atoms with Crippen LogP contribution in [0.1, 0.15) is 0 Å². The molecule has 1 saturated heterocycles. The highest BCUT2D eigenvalue weighted by Gasteiger charge is 2.22. The van der Waals surface area contributed by atoms with E-state index in [0.717, 1.165) is 58.4 Å². The number of piperazine rings is 1. The molecule has 0 radical (unpaired) electrons. The molecule has 1 aliphatic rings. The van der Waals surface area contributed by atoms with Gasteiger partial charge < -0.3 is 9.80 Å². The van der Waals surface area contributed by atoms with E-state index in [1.54, 1.807) is 17.7 Å². The standard InChI is InChI=1S/C22H18ClFN4S/c23-16-3-7-18(8-4-16)27-9-11-28(12-10-27)21-20-19(13-29-22(20)26-14-25-21)15-1-5-17(24)6-2-15/h1-8,13-14H,9-12H2. The third kappa shape index (κ3) is 3.54. The number of anilines is 2. The lowest BCUT2D eigenvalue weighted by Gasteiger charge is -2.37. The SMILES string of the molecule is Fc1ccc(-c2csc3ncnc(N4CCN(c5ccc(Cl)cc5)CC4)c23)cc1. The van der Waals surface area contributed by atoms with E-state index in [1.165, 1.54) is 17.8 Å².